The molecular formula is C12H13N5O. The van der Waals surface area contributed by atoms with E-state index in [0.717, 1.165) is 0 Å². The summed E-state index contributed by atoms with van der Waals surface area (Å²) in [5, 5.41) is 15.8. The van der Waals surface area contributed by atoms with Crippen molar-refractivity contribution in [2.75, 3.05) is 0 Å². The molecule has 1 unspecified atom stereocenters. The van der Waals surface area contributed by atoms with Gasteiger partial charge in [-0.15, -0.1) is 0 Å². The molecule has 0 fully saturated rings. The Morgan fingerprint density at radius 3 is 3.06 bits per heavy atom. The molecule has 2 aromatic heterocycles. The van der Waals surface area contributed by atoms with Crippen molar-refractivity contribution >= 4 is 11.4 Å². The van der Waals surface area contributed by atoms with Crippen LogP contribution in [0, 0.1) is 11.3 Å². The average molecular weight is 243 g/mol. The first-order chi connectivity index (χ1) is 8.59. The molecule has 0 saturated carbocycles. The van der Waals surface area contributed by atoms with E-state index in [2.05, 4.69) is 21.5 Å². The molecule has 1 N–H and O–H groups in total. The van der Waals surface area contributed by atoms with Crippen LogP contribution in [0.1, 0.15) is 30.6 Å². The minimum absolute atomic E-state index is 0.316. The van der Waals surface area contributed by atoms with Gasteiger partial charge in [0.15, 0.2) is 0 Å². The van der Waals surface area contributed by atoms with Crippen LogP contribution in [0.3, 0.4) is 0 Å². The molecule has 2 rings (SSSR count). The predicted octanol–water partition coefficient (Wildman–Crippen LogP) is 1.15. The fourth-order valence-corrected chi connectivity index (χ4v) is 1.52. The third-order valence-electron chi connectivity index (χ3n) is 2.91. The Hall–Kier alpha value is -2.42. The normalized spacial score (nSPS) is 13.8. The van der Waals surface area contributed by atoms with E-state index in [9.17, 15) is 4.79 Å². The van der Waals surface area contributed by atoms with Crippen LogP contribution in [0.5, 0.6) is 0 Å². The van der Waals surface area contributed by atoms with E-state index in [1.165, 1.54) is 6.20 Å². The minimum Gasteiger partial charge on any atom is -0.334 e. The van der Waals surface area contributed by atoms with Gasteiger partial charge in [0.2, 0.25) is 0 Å². The summed E-state index contributed by atoms with van der Waals surface area (Å²) >= 11 is 0. The van der Waals surface area contributed by atoms with E-state index in [0.29, 0.717) is 17.5 Å². The maximum Gasteiger partial charge on any atom is 0.256 e. The van der Waals surface area contributed by atoms with Crippen molar-refractivity contribution in [3.63, 3.8) is 0 Å². The van der Waals surface area contributed by atoms with Crippen LogP contribution in [-0.2, 0) is 0 Å². The van der Waals surface area contributed by atoms with Gasteiger partial charge in [-0.1, -0.05) is 6.92 Å². The summed E-state index contributed by atoms with van der Waals surface area (Å²) in [6.07, 6.45) is 6.83. The summed E-state index contributed by atoms with van der Waals surface area (Å²) < 4.78 is 1.57. The number of amides is 1. The lowest BCUT2D eigenvalue weighted by Crippen LogP contribution is -2.44. The number of nitrogens with zero attached hydrogens (tertiary/aromatic N) is 4. The number of hydrogen-bond acceptors (Lipinski definition) is 4. The smallest absolute Gasteiger partial charge is 0.256 e. The number of carbonyl (C=O) groups excluding carboxylic acids is 1. The van der Waals surface area contributed by atoms with Crippen molar-refractivity contribution in [3.05, 3.63) is 30.4 Å². The molecule has 0 aromatic carbocycles. The van der Waals surface area contributed by atoms with Gasteiger partial charge in [-0.05, 0) is 13.3 Å². The quantitative estimate of drug-likeness (QED) is 0.876. The number of nitriles is 1. The third kappa shape index (κ3) is 2.02. The van der Waals surface area contributed by atoms with Crippen molar-refractivity contribution in [1.82, 2.24) is 19.9 Å². The number of hydrogen-bond donors (Lipinski definition) is 1. The molecule has 6 heteroatoms. The van der Waals surface area contributed by atoms with E-state index in [4.69, 9.17) is 5.26 Å². The molecule has 0 aliphatic carbocycles. The number of fused-ring (bicyclic) bond motifs is 1. The van der Waals surface area contributed by atoms with Crippen LogP contribution in [-0.4, -0.2) is 26.0 Å². The Kier molecular flexibility index (Phi) is 2.98. The number of rotatable bonds is 3. The second-order valence-electron chi connectivity index (χ2n) is 4.22. The van der Waals surface area contributed by atoms with Gasteiger partial charge >= 0.3 is 0 Å². The molecule has 2 heterocycles. The van der Waals surface area contributed by atoms with Crippen LogP contribution >= 0.6 is 0 Å². The van der Waals surface area contributed by atoms with E-state index >= 15 is 0 Å². The van der Waals surface area contributed by atoms with Crippen molar-refractivity contribution in [3.8, 4) is 6.07 Å². The van der Waals surface area contributed by atoms with Crippen molar-refractivity contribution in [2.45, 2.75) is 25.8 Å². The van der Waals surface area contributed by atoms with Crippen molar-refractivity contribution < 1.29 is 4.79 Å². The van der Waals surface area contributed by atoms with Crippen LogP contribution in [0.4, 0.5) is 0 Å². The fourth-order valence-electron chi connectivity index (χ4n) is 1.52. The van der Waals surface area contributed by atoms with Crippen LogP contribution < -0.4 is 5.32 Å². The Morgan fingerprint density at radius 2 is 2.39 bits per heavy atom. The average Bonchev–Trinajstić information content (AvgIpc) is 2.82. The van der Waals surface area contributed by atoms with Crippen molar-refractivity contribution in [2.24, 2.45) is 0 Å². The highest BCUT2D eigenvalue weighted by Crippen LogP contribution is 2.12. The Labute approximate surface area is 104 Å². The van der Waals surface area contributed by atoms with Gasteiger partial charge in [0.05, 0.1) is 29.5 Å². The molecule has 1 amide bonds. The molecule has 2 aromatic rings. The van der Waals surface area contributed by atoms with Crippen LogP contribution in [0.15, 0.2) is 24.8 Å². The third-order valence-corrected chi connectivity index (χ3v) is 2.91. The second-order valence-corrected chi connectivity index (χ2v) is 4.22. The molecule has 18 heavy (non-hydrogen) atoms. The Bertz CT molecular complexity index is 627. The minimum atomic E-state index is -0.868. The lowest BCUT2D eigenvalue weighted by molar-refractivity contribution is 0.0924. The predicted molar refractivity (Wildman–Crippen MR) is 64.8 cm³/mol. The zero-order valence-corrected chi connectivity index (χ0v) is 10.2. The number of carbonyl (C=O) groups is 1. The first-order valence-electron chi connectivity index (χ1n) is 5.61. The SMILES string of the molecule is CCC(C)(C#N)NC(=O)c1cnn2ccncc12. The van der Waals surface area contributed by atoms with Gasteiger partial charge in [0.25, 0.3) is 5.91 Å². The summed E-state index contributed by atoms with van der Waals surface area (Å²) in [4.78, 5) is 16.1. The molecular weight excluding hydrogens is 230 g/mol. The Balaban J connectivity index is 2.33. The molecule has 0 saturated heterocycles. The number of aromatic nitrogens is 3. The summed E-state index contributed by atoms with van der Waals surface area (Å²) in [6.45, 7) is 3.54. The number of nitrogens with one attached hydrogen (secondary N) is 1. The van der Waals surface area contributed by atoms with E-state index < -0.39 is 5.54 Å². The van der Waals surface area contributed by atoms with Gasteiger partial charge in [0, 0.05) is 12.4 Å². The van der Waals surface area contributed by atoms with E-state index in [1.807, 2.05) is 6.92 Å². The van der Waals surface area contributed by atoms with Gasteiger partial charge < -0.3 is 5.32 Å². The second kappa shape index (κ2) is 4.45. The monoisotopic (exact) mass is 243 g/mol. The van der Waals surface area contributed by atoms with Crippen LogP contribution in [0.25, 0.3) is 5.52 Å². The summed E-state index contributed by atoms with van der Waals surface area (Å²) in [5.41, 5.74) is 0.164. The largest absolute Gasteiger partial charge is 0.334 e. The summed E-state index contributed by atoms with van der Waals surface area (Å²) in [5.74, 6) is -0.316. The maximum absolute atomic E-state index is 12.1. The standard InChI is InChI=1S/C12H13N5O/c1-3-12(2,8-13)16-11(18)9-6-15-17-5-4-14-7-10(9)17/h4-7H,3H2,1-2H3,(H,16,18). The zero-order valence-electron chi connectivity index (χ0n) is 10.2. The lowest BCUT2D eigenvalue weighted by Gasteiger charge is -2.20. The maximum atomic E-state index is 12.1. The van der Waals surface area contributed by atoms with Crippen LogP contribution in [0.2, 0.25) is 0 Å². The lowest BCUT2D eigenvalue weighted by atomic mass is 10.0. The molecule has 0 bridgehead atoms. The van der Waals surface area contributed by atoms with Gasteiger partial charge in [-0.3, -0.25) is 9.78 Å². The molecule has 1 atom stereocenters. The Morgan fingerprint density at radius 1 is 1.61 bits per heavy atom. The highest BCUT2D eigenvalue weighted by atomic mass is 16.1. The molecule has 6 nitrogen and oxygen atoms in total. The highest BCUT2D eigenvalue weighted by Gasteiger charge is 2.25. The molecule has 0 spiro atoms. The van der Waals surface area contributed by atoms with Gasteiger partial charge in [0.1, 0.15) is 5.54 Å². The topological polar surface area (TPSA) is 83.1 Å². The molecule has 92 valence electrons. The van der Waals surface area contributed by atoms with Gasteiger partial charge in [-0.2, -0.15) is 10.4 Å². The van der Waals surface area contributed by atoms with Crippen molar-refractivity contribution in [1.29, 1.82) is 5.26 Å². The molecule has 0 radical (unpaired) electrons. The zero-order chi connectivity index (χ0) is 13.2. The highest BCUT2D eigenvalue weighted by molar-refractivity contribution is 6.00. The first-order valence-corrected chi connectivity index (χ1v) is 5.61. The molecule has 0 aliphatic rings. The van der Waals surface area contributed by atoms with E-state index in [1.54, 1.807) is 30.0 Å². The van der Waals surface area contributed by atoms with E-state index in [-0.39, 0.29) is 5.91 Å². The van der Waals surface area contributed by atoms with Gasteiger partial charge in [-0.25, -0.2) is 4.52 Å². The molecule has 0 aliphatic heterocycles. The fraction of sp³-hybridized carbons (Fsp3) is 0.333. The summed E-state index contributed by atoms with van der Waals surface area (Å²) in [6, 6.07) is 2.09. The first kappa shape index (κ1) is 12.0. The summed E-state index contributed by atoms with van der Waals surface area (Å²) in [7, 11) is 0.